The van der Waals surface area contributed by atoms with Crippen molar-refractivity contribution in [3.63, 3.8) is 0 Å². The van der Waals surface area contributed by atoms with Gasteiger partial charge in [0.05, 0.1) is 6.61 Å². The number of nitrogens with one attached hydrogen (secondary N) is 1. The summed E-state index contributed by atoms with van der Waals surface area (Å²) in [4.78, 5) is 0. The predicted octanol–water partition coefficient (Wildman–Crippen LogP) is 6.26. The van der Waals surface area contributed by atoms with Gasteiger partial charge >= 0.3 is 0 Å². The second-order valence-electron chi connectivity index (χ2n) is 6.33. The first-order valence-electron chi connectivity index (χ1n) is 9.23. The standard InChI is InChI=1S/C23H23Cl2NO2/c1-2-27-23-13-17(14-26-15-19-7-3-4-9-21(19)25)10-11-22(23)28-16-18-6-5-8-20(24)12-18/h3-13,26H,2,14-16H2,1H3. The summed E-state index contributed by atoms with van der Waals surface area (Å²) in [7, 11) is 0. The fourth-order valence-corrected chi connectivity index (χ4v) is 3.24. The van der Waals surface area contributed by atoms with Crippen LogP contribution < -0.4 is 14.8 Å². The number of halogens is 2. The van der Waals surface area contributed by atoms with Gasteiger partial charge in [0.15, 0.2) is 11.5 Å². The van der Waals surface area contributed by atoms with Gasteiger partial charge in [0.25, 0.3) is 0 Å². The van der Waals surface area contributed by atoms with Gasteiger partial charge in [-0.05, 0) is 53.9 Å². The van der Waals surface area contributed by atoms with E-state index in [-0.39, 0.29) is 0 Å². The summed E-state index contributed by atoms with van der Waals surface area (Å²) in [6.45, 7) is 4.38. The average Bonchev–Trinajstić information content (AvgIpc) is 2.69. The van der Waals surface area contributed by atoms with Crippen LogP contribution in [0.3, 0.4) is 0 Å². The number of rotatable bonds is 9. The molecular formula is C23H23Cl2NO2. The molecule has 0 saturated heterocycles. The highest BCUT2D eigenvalue weighted by Crippen LogP contribution is 2.29. The van der Waals surface area contributed by atoms with E-state index in [1.54, 1.807) is 0 Å². The Kier molecular flexibility index (Phi) is 7.61. The molecule has 0 unspecified atom stereocenters. The van der Waals surface area contributed by atoms with Crippen LogP contribution in [0.5, 0.6) is 11.5 Å². The minimum atomic E-state index is 0.435. The van der Waals surface area contributed by atoms with Gasteiger partial charge < -0.3 is 14.8 Å². The Labute approximate surface area is 176 Å². The molecule has 146 valence electrons. The van der Waals surface area contributed by atoms with E-state index in [1.165, 1.54) is 0 Å². The monoisotopic (exact) mass is 415 g/mol. The van der Waals surface area contributed by atoms with Crippen molar-refractivity contribution in [1.29, 1.82) is 0 Å². The maximum atomic E-state index is 6.20. The summed E-state index contributed by atoms with van der Waals surface area (Å²) in [6.07, 6.45) is 0. The third-order valence-corrected chi connectivity index (χ3v) is 4.80. The highest BCUT2D eigenvalue weighted by molar-refractivity contribution is 6.31. The molecule has 0 aliphatic heterocycles. The molecule has 0 aliphatic rings. The van der Waals surface area contributed by atoms with Crippen LogP contribution in [0.1, 0.15) is 23.6 Å². The Morgan fingerprint density at radius 2 is 1.64 bits per heavy atom. The zero-order chi connectivity index (χ0) is 19.8. The Balaban J connectivity index is 1.62. The van der Waals surface area contributed by atoms with Crippen molar-refractivity contribution in [2.24, 2.45) is 0 Å². The molecule has 28 heavy (non-hydrogen) atoms. The molecule has 0 spiro atoms. The lowest BCUT2D eigenvalue weighted by Gasteiger charge is -2.14. The van der Waals surface area contributed by atoms with E-state index in [9.17, 15) is 0 Å². The summed E-state index contributed by atoms with van der Waals surface area (Å²) in [5, 5.41) is 4.89. The van der Waals surface area contributed by atoms with E-state index in [0.29, 0.717) is 31.3 Å². The third kappa shape index (κ3) is 5.90. The first kappa shape index (κ1) is 20.5. The van der Waals surface area contributed by atoms with E-state index in [2.05, 4.69) is 5.32 Å². The zero-order valence-electron chi connectivity index (χ0n) is 15.8. The van der Waals surface area contributed by atoms with Crippen LogP contribution in [0.4, 0.5) is 0 Å². The highest BCUT2D eigenvalue weighted by Gasteiger charge is 2.08. The van der Waals surface area contributed by atoms with Gasteiger partial charge in [-0.3, -0.25) is 0 Å². The van der Waals surface area contributed by atoms with Gasteiger partial charge in [-0.15, -0.1) is 0 Å². The molecule has 3 aromatic carbocycles. The normalized spacial score (nSPS) is 10.7. The highest BCUT2D eigenvalue weighted by atomic mass is 35.5. The summed E-state index contributed by atoms with van der Waals surface area (Å²) in [5.74, 6) is 1.46. The van der Waals surface area contributed by atoms with Crippen LogP contribution in [0.15, 0.2) is 66.7 Å². The molecule has 0 fully saturated rings. The van der Waals surface area contributed by atoms with Gasteiger partial charge in [0.1, 0.15) is 6.61 Å². The maximum absolute atomic E-state index is 6.20. The van der Waals surface area contributed by atoms with Crippen LogP contribution in [-0.2, 0) is 19.7 Å². The van der Waals surface area contributed by atoms with Crippen molar-refractivity contribution in [1.82, 2.24) is 5.32 Å². The molecule has 3 rings (SSSR count). The van der Waals surface area contributed by atoms with Crippen LogP contribution >= 0.6 is 23.2 Å². The first-order chi connectivity index (χ1) is 13.7. The van der Waals surface area contributed by atoms with Crippen molar-refractivity contribution >= 4 is 23.2 Å². The van der Waals surface area contributed by atoms with Gasteiger partial charge in [-0.1, -0.05) is 59.6 Å². The second-order valence-corrected chi connectivity index (χ2v) is 7.17. The fourth-order valence-electron chi connectivity index (χ4n) is 2.82. The Hall–Kier alpha value is -2.20. The maximum Gasteiger partial charge on any atom is 0.161 e. The van der Waals surface area contributed by atoms with Gasteiger partial charge in [0, 0.05) is 23.1 Å². The van der Waals surface area contributed by atoms with E-state index >= 15 is 0 Å². The van der Waals surface area contributed by atoms with Gasteiger partial charge in [0.2, 0.25) is 0 Å². The summed E-state index contributed by atoms with van der Waals surface area (Å²) in [6, 6.07) is 21.5. The quantitative estimate of drug-likeness (QED) is 0.447. The lowest BCUT2D eigenvalue weighted by Crippen LogP contribution is -2.13. The van der Waals surface area contributed by atoms with Crippen LogP contribution in [0, 0.1) is 0 Å². The lowest BCUT2D eigenvalue weighted by molar-refractivity contribution is 0.269. The molecule has 3 aromatic rings. The topological polar surface area (TPSA) is 30.5 Å². The van der Waals surface area contributed by atoms with Crippen molar-refractivity contribution in [3.8, 4) is 11.5 Å². The molecule has 0 amide bonds. The minimum absolute atomic E-state index is 0.435. The Morgan fingerprint density at radius 3 is 2.43 bits per heavy atom. The number of benzene rings is 3. The first-order valence-corrected chi connectivity index (χ1v) is 9.98. The SMILES string of the molecule is CCOc1cc(CNCc2ccccc2Cl)ccc1OCc1cccc(Cl)c1. The minimum Gasteiger partial charge on any atom is -0.490 e. The van der Waals surface area contributed by atoms with Gasteiger partial charge in [-0.2, -0.15) is 0 Å². The van der Waals surface area contributed by atoms with Gasteiger partial charge in [-0.25, -0.2) is 0 Å². The number of ether oxygens (including phenoxy) is 2. The van der Waals surface area contributed by atoms with Crippen LogP contribution in [0.2, 0.25) is 10.0 Å². The van der Waals surface area contributed by atoms with Crippen LogP contribution in [0.25, 0.3) is 0 Å². The molecule has 0 aromatic heterocycles. The van der Waals surface area contributed by atoms with E-state index < -0.39 is 0 Å². The summed E-state index contributed by atoms with van der Waals surface area (Å²) >= 11 is 12.2. The summed E-state index contributed by atoms with van der Waals surface area (Å²) < 4.78 is 11.7. The number of hydrogen-bond acceptors (Lipinski definition) is 3. The van der Waals surface area contributed by atoms with Crippen molar-refractivity contribution in [2.75, 3.05) is 6.61 Å². The van der Waals surface area contributed by atoms with E-state index in [4.69, 9.17) is 32.7 Å². The molecule has 0 heterocycles. The molecule has 0 atom stereocenters. The van der Waals surface area contributed by atoms with E-state index in [0.717, 1.165) is 33.2 Å². The van der Waals surface area contributed by atoms with E-state index in [1.807, 2.05) is 73.7 Å². The smallest absolute Gasteiger partial charge is 0.161 e. The third-order valence-electron chi connectivity index (χ3n) is 4.19. The molecule has 5 heteroatoms. The predicted molar refractivity (Wildman–Crippen MR) is 115 cm³/mol. The largest absolute Gasteiger partial charge is 0.490 e. The number of hydrogen-bond donors (Lipinski definition) is 1. The molecular weight excluding hydrogens is 393 g/mol. The average molecular weight is 416 g/mol. The molecule has 0 aliphatic carbocycles. The van der Waals surface area contributed by atoms with Crippen molar-refractivity contribution in [2.45, 2.75) is 26.6 Å². The Bertz CT molecular complexity index is 915. The Morgan fingerprint density at radius 1 is 0.786 bits per heavy atom. The lowest BCUT2D eigenvalue weighted by atomic mass is 10.1. The zero-order valence-corrected chi connectivity index (χ0v) is 17.3. The second kappa shape index (κ2) is 10.4. The molecule has 1 N–H and O–H groups in total. The molecule has 0 saturated carbocycles. The molecule has 3 nitrogen and oxygen atoms in total. The van der Waals surface area contributed by atoms with Crippen LogP contribution in [-0.4, -0.2) is 6.61 Å². The molecule has 0 radical (unpaired) electrons. The fraction of sp³-hybridized carbons (Fsp3) is 0.217. The molecule has 0 bridgehead atoms. The van der Waals surface area contributed by atoms with Crippen molar-refractivity contribution in [3.05, 3.63) is 93.5 Å². The van der Waals surface area contributed by atoms with Crippen molar-refractivity contribution < 1.29 is 9.47 Å². The summed E-state index contributed by atoms with van der Waals surface area (Å²) in [5.41, 5.74) is 3.21.